The minimum atomic E-state index is -0.832. The summed E-state index contributed by atoms with van der Waals surface area (Å²) in [5, 5.41) is 12.2. The van der Waals surface area contributed by atoms with Crippen molar-refractivity contribution in [3.63, 3.8) is 0 Å². The lowest BCUT2D eigenvalue weighted by Gasteiger charge is -2.25. The number of carbonyl (C=O) groups is 3. The van der Waals surface area contributed by atoms with E-state index in [9.17, 15) is 19.5 Å². The minimum absolute atomic E-state index is 0.0131. The van der Waals surface area contributed by atoms with E-state index in [4.69, 9.17) is 4.74 Å². The van der Waals surface area contributed by atoms with Crippen LogP contribution in [0.1, 0.15) is 40.0 Å². The molecule has 2 N–H and O–H groups in total. The van der Waals surface area contributed by atoms with Gasteiger partial charge in [0.2, 0.25) is 0 Å². The standard InChI is InChI=1S/C29H25N3O5/c1-2-37-29(36)19-11-9-18(10-12-19)25-24(26(33)21-6-5-14-30-16-21)27(34)28(35)32(25)15-13-20-17-31-23-8-4-3-7-22(20)23/h3-12,14,16-17,25,31,33H,2,13,15H2,1H3. The first-order valence-electron chi connectivity index (χ1n) is 12.0. The van der Waals surface area contributed by atoms with Crippen molar-refractivity contribution in [2.45, 2.75) is 19.4 Å². The number of aliphatic hydroxyl groups is 1. The van der Waals surface area contributed by atoms with E-state index >= 15 is 0 Å². The van der Waals surface area contributed by atoms with Gasteiger partial charge in [0.05, 0.1) is 23.8 Å². The molecule has 0 spiro atoms. The van der Waals surface area contributed by atoms with Gasteiger partial charge in [-0.05, 0) is 54.8 Å². The predicted octanol–water partition coefficient (Wildman–Crippen LogP) is 4.40. The number of esters is 1. The SMILES string of the molecule is CCOC(=O)c1ccc(C2C(=C(O)c3cccnc3)C(=O)C(=O)N2CCc2c[nH]c3ccccc23)cc1. The number of H-pyrrole nitrogens is 1. The van der Waals surface area contributed by atoms with Crippen molar-refractivity contribution >= 4 is 34.3 Å². The summed E-state index contributed by atoms with van der Waals surface area (Å²) in [6, 6.07) is 16.9. The van der Waals surface area contributed by atoms with Gasteiger partial charge in [-0.3, -0.25) is 14.6 Å². The summed E-state index contributed by atoms with van der Waals surface area (Å²) in [5.74, 6) is -2.21. The first-order valence-corrected chi connectivity index (χ1v) is 12.0. The van der Waals surface area contributed by atoms with Crippen molar-refractivity contribution in [2.24, 2.45) is 0 Å². The van der Waals surface area contributed by atoms with E-state index in [0.717, 1.165) is 16.5 Å². The van der Waals surface area contributed by atoms with Crippen LogP contribution in [0.5, 0.6) is 0 Å². The number of hydrogen-bond donors (Lipinski definition) is 2. The van der Waals surface area contributed by atoms with E-state index in [2.05, 4.69) is 9.97 Å². The Hall–Kier alpha value is -4.72. The summed E-state index contributed by atoms with van der Waals surface area (Å²) in [4.78, 5) is 47.4. The normalized spacial score (nSPS) is 16.9. The van der Waals surface area contributed by atoms with Crippen LogP contribution in [0, 0.1) is 0 Å². The highest BCUT2D eigenvalue weighted by Crippen LogP contribution is 2.39. The molecule has 1 unspecified atom stereocenters. The molecule has 3 heterocycles. The third kappa shape index (κ3) is 4.49. The molecule has 1 fully saturated rings. The number of aliphatic hydroxyl groups excluding tert-OH is 1. The van der Waals surface area contributed by atoms with Gasteiger partial charge in [0.25, 0.3) is 11.7 Å². The molecule has 8 nitrogen and oxygen atoms in total. The summed E-state index contributed by atoms with van der Waals surface area (Å²) >= 11 is 0. The first kappa shape index (κ1) is 24.0. The molecule has 0 radical (unpaired) electrons. The Morgan fingerprint density at radius 1 is 1.05 bits per heavy atom. The monoisotopic (exact) mass is 495 g/mol. The van der Waals surface area contributed by atoms with Gasteiger partial charge in [0.15, 0.2) is 0 Å². The van der Waals surface area contributed by atoms with Crippen LogP contribution < -0.4 is 0 Å². The van der Waals surface area contributed by atoms with Crippen molar-refractivity contribution in [1.29, 1.82) is 0 Å². The highest BCUT2D eigenvalue weighted by molar-refractivity contribution is 6.46. The van der Waals surface area contributed by atoms with Crippen molar-refractivity contribution < 1.29 is 24.2 Å². The summed E-state index contributed by atoms with van der Waals surface area (Å²) in [7, 11) is 0. The zero-order valence-corrected chi connectivity index (χ0v) is 20.2. The minimum Gasteiger partial charge on any atom is -0.507 e. The maximum absolute atomic E-state index is 13.3. The molecule has 186 valence electrons. The summed E-state index contributed by atoms with van der Waals surface area (Å²) in [6.07, 6.45) is 5.40. The van der Waals surface area contributed by atoms with Gasteiger partial charge in [-0.1, -0.05) is 30.3 Å². The summed E-state index contributed by atoms with van der Waals surface area (Å²) < 4.78 is 5.06. The van der Waals surface area contributed by atoms with Gasteiger partial charge in [-0.25, -0.2) is 4.79 Å². The molecule has 5 rings (SSSR count). The summed E-state index contributed by atoms with van der Waals surface area (Å²) in [5.41, 5.74) is 3.28. The van der Waals surface area contributed by atoms with Crippen molar-refractivity contribution in [3.05, 3.63) is 107 Å². The van der Waals surface area contributed by atoms with Crippen molar-refractivity contribution in [1.82, 2.24) is 14.9 Å². The largest absolute Gasteiger partial charge is 0.507 e. The molecule has 0 saturated carbocycles. The Kier molecular flexibility index (Phi) is 6.55. The smallest absolute Gasteiger partial charge is 0.338 e. The number of nitrogens with one attached hydrogen (secondary N) is 1. The molecule has 0 aliphatic carbocycles. The fraction of sp³-hybridized carbons (Fsp3) is 0.172. The maximum Gasteiger partial charge on any atom is 0.338 e. The number of aromatic nitrogens is 2. The molecule has 4 aromatic rings. The van der Waals surface area contributed by atoms with E-state index in [1.165, 1.54) is 11.1 Å². The number of amides is 1. The number of Topliss-reactive ketones (excluding diaryl/α,β-unsaturated/α-hetero) is 1. The van der Waals surface area contributed by atoms with Crippen LogP contribution in [0.4, 0.5) is 0 Å². The van der Waals surface area contributed by atoms with E-state index in [1.807, 2.05) is 30.5 Å². The Bertz CT molecular complexity index is 1510. The Morgan fingerprint density at radius 2 is 1.84 bits per heavy atom. The van der Waals surface area contributed by atoms with Crippen LogP contribution in [-0.4, -0.2) is 50.8 Å². The third-order valence-electron chi connectivity index (χ3n) is 6.51. The molecule has 1 amide bonds. The number of fused-ring (bicyclic) bond motifs is 1. The van der Waals surface area contributed by atoms with Crippen LogP contribution in [0.3, 0.4) is 0 Å². The second-order valence-corrected chi connectivity index (χ2v) is 8.69. The second-order valence-electron chi connectivity index (χ2n) is 8.69. The number of hydrogen-bond acceptors (Lipinski definition) is 6. The Labute approximate surface area is 213 Å². The lowest BCUT2D eigenvalue weighted by molar-refractivity contribution is -0.139. The average molecular weight is 496 g/mol. The van der Waals surface area contributed by atoms with E-state index in [1.54, 1.807) is 49.5 Å². The second kappa shape index (κ2) is 10.1. The fourth-order valence-corrected chi connectivity index (χ4v) is 4.71. The van der Waals surface area contributed by atoms with Crippen molar-refractivity contribution in [3.8, 4) is 0 Å². The van der Waals surface area contributed by atoms with Gasteiger partial charge in [0.1, 0.15) is 5.76 Å². The number of ketones is 1. The van der Waals surface area contributed by atoms with Crippen molar-refractivity contribution in [2.75, 3.05) is 13.2 Å². The van der Waals surface area contributed by atoms with E-state index in [0.29, 0.717) is 23.1 Å². The fourth-order valence-electron chi connectivity index (χ4n) is 4.71. The van der Waals surface area contributed by atoms with E-state index in [-0.39, 0.29) is 24.5 Å². The molecule has 1 saturated heterocycles. The van der Waals surface area contributed by atoms with Gasteiger partial charge < -0.3 is 19.7 Å². The molecular formula is C29H25N3O5. The van der Waals surface area contributed by atoms with Crippen LogP contribution in [-0.2, 0) is 20.7 Å². The zero-order valence-electron chi connectivity index (χ0n) is 20.2. The number of benzene rings is 2. The molecule has 0 bridgehead atoms. The van der Waals surface area contributed by atoms with Crippen LogP contribution in [0.2, 0.25) is 0 Å². The highest BCUT2D eigenvalue weighted by Gasteiger charge is 2.46. The number of rotatable bonds is 7. The molecule has 37 heavy (non-hydrogen) atoms. The maximum atomic E-state index is 13.3. The number of carbonyl (C=O) groups excluding carboxylic acids is 3. The zero-order chi connectivity index (χ0) is 25.9. The number of para-hydroxylation sites is 1. The van der Waals surface area contributed by atoms with E-state index < -0.39 is 23.7 Å². The van der Waals surface area contributed by atoms with Crippen LogP contribution >= 0.6 is 0 Å². The number of likely N-dealkylation sites (tertiary alicyclic amines) is 1. The van der Waals surface area contributed by atoms with Gasteiger partial charge in [-0.15, -0.1) is 0 Å². The number of pyridine rings is 1. The first-order chi connectivity index (χ1) is 18.0. The van der Waals surface area contributed by atoms with Gasteiger partial charge in [0, 0.05) is 41.6 Å². The molecule has 1 aliphatic rings. The number of ether oxygens (including phenoxy) is 1. The number of nitrogens with zero attached hydrogens (tertiary/aromatic N) is 2. The quantitative estimate of drug-likeness (QED) is 0.170. The molecule has 8 heteroatoms. The molecule has 1 atom stereocenters. The van der Waals surface area contributed by atoms with Gasteiger partial charge >= 0.3 is 5.97 Å². The number of aromatic amines is 1. The van der Waals surface area contributed by atoms with Gasteiger partial charge in [-0.2, -0.15) is 0 Å². The Balaban J connectivity index is 1.54. The Morgan fingerprint density at radius 3 is 2.57 bits per heavy atom. The molecule has 2 aromatic heterocycles. The average Bonchev–Trinajstić information content (AvgIpc) is 3.46. The molecule has 2 aromatic carbocycles. The highest BCUT2D eigenvalue weighted by atomic mass is 16.5. The molecular weight excluding hydrogens is 470 g/mol. The third-order valence-corrected chi connectivity index (χ3v) is 6.51. The lowest BCUT2D eigenvalue weighted by Crippen LogP contribution is -2.31. The van der Waals surface area contributed by atoms with Crippen LogP contribution in [0.15, 0.2) is 84.8 Å². The van der Waals surface area contributed by atoms with Crippen LogP contribution in [0.25, 0.3) is 16.7 Å². The molecule has 1 aliphatic heterocycles. The topological polar surface area (TPSA) is 113 Å². The lowest BCUT2D eigenvalue weighted by atomic mass is 9.95. The summed E-state index contributed by atoms with van der Waals surface area (Å²) in [6.45, 7) is 2.23. The predicted molar refractivity (Wildman–Crippen MR) is 138 cm³/mol.